The third-order valence-electron chi connectivity index (χ3n) is 1.36. The maximum Gasteiger partial charge on any atom is 0.107 e. The predicted molar refractivity (Wildman–Crippen MR) is 57.4 cm³/mol. The number of rotatable bonds is 5. The summed E-state index contributed by atoms with van der Waals surface area (Å²) in [6, 6.07) is 0. The van der Waals surface area contributed by atoms with Gasteiger partial charge in [-0.3, -0.25) is 0 Å². The molecule has 0 fully saturated rings. The number of unbranched alkanes of at least 4 members (excludes halogenated alkanes) is 1. The van der Waals surface area contributed by atoms with E-state index < -0.39 is 0 Å². The summed E-state index contributed by atoms with van der Waals surface area (Å²) in [6.07, 6.45) is 12.2. The lowest BCUT2D eigenvalue weighted by Gasteiger charge is -1.96. The van der Waals surface area contributed by atoms with E-state index in [1.54, 1.807) is 0 Å². The van der Waals surface area contributed by atoms with Crippen LogP contribution in [-0.4, -0.2) is 36.5 Å². The number of hydrogen-bond acceptors (Lipinski definition) is 0. The first-order valence-corrected chi connectivity index (χ1v) is 8.13. The summed E-state index contributed by atoms with van der Waals surface area (Å²) in [5.74, 6) is 2.88. The van der Waals surface area contributed by atoms with Gasteiger partial charge in [0.2, 0.25) is 0 Å². The molecule has 0 nitrogen and oxygen atoms in total. The van der Waals surface area contributed by atoms with Crippen LogP contribution in [0.3, 0.4) is 0 Å². The minimum absolute atomic E-state index is 0.673. The predicted octanol–water partition coefficient (Wildman–Crippen LogP) is 1.52. The van der Waals surface area contributed by atoms with Crippen molar-refractivity contribution in [2.45, 2.75) is 12.8 Å². The molecule has 0 aliphatic carbocycles. The van der Waals surface area contributed by atoms with Crippen molar-refractivity contribution in [2.75, 3.05) is 36.5 Å². The van der Waals surface area contributed by atoms with Crippen LogP contribution in [-0.2, 0) is 21.8 Å². The van der Waals surface area contributed by atoms with Crippen LogP contribution in [0.2, 0.25) is 0 Å². The van der Waals surface area contributed by atoms with Crippen molar-refractivity contribution in [3.05, 3.63) is 0 Å². The van der Waals surface area contributed by atoms with Gasteiger partial charge in [0, 0.05) is 0 Å². The Labute approximate surface area is 71.5 Å². The standard InChI is InChI=1S/C8H20S2/c1-9(2)7-5-6-8-10(3)4/h5-8H2,1-4H3/q+2. The first-order chi connectivity index (χ1) is 4.63. The molecule has 0 aromatic rings. The minimum atomic E-state index is 0.673. The van der Waals surface area contributed by atoms with Gasteiger partial charge in [-0.15, -0.1) is 0 Å². The van der Waals surface area contributed by atoms with Crippen LogP contribution in [0.1, 0.15) is 12.8 Å². The molecule has 0 amide bonds. The van der Waals surface area contributed by atoms with Crippen LogP contribution in [0, 0.1) is 0 Å². The van der Waals surface area contributed by atoms with Crippen molar-refractivity contribution in [1.29, 1.82) is 0 Å². The SMILES string of the molecule is C[S+](C)CCCC[S+](C)C. The molecule has 0 heterocycles. The summed E-state index contributed by atoms with van der Waals surface area (Å²) >= 11 is 0. The quantitative estimate of drug-likeness (QED) is 0.444. The Hall–Kier alpha value is 0.700. The van der Waals surface area contributed by atoms with E-state index in [0.29, 0.717) is 21.8 Å². The molecule has 0 unspecified atom stereocenters. The highest BCUT2D eigenvalue weighted by Crippen LogP contribution is 1.97. The Bertz CT molecular complexity index is 59.7. The minimum Gasteiger partial charge on any atom is -0.0189 e. The Morgan fingerprint density at radius 3 is 1.20 bits per heavy atom. The molecule has 0 spiro atoms. The fourth-order valence-electron chi connectivity index (χ4n) is 0.781. The molecule has 10 heavy (non-hydrogen) atoms. The fourth-order valence-corrected chi connectivity index (χ4v) is 2.34. The van der Waals surface area contributed by atoms with Gasteiger partial charge >= 0.3 is 0 Å². The molecule has 0 saturated carbocycles. The van der Waals surface area contributed by atoms with Crippen molar-refractivity contribution >= 4 is 21.8 Å². The number of hydrogen-bond donors (Lipinski definition) is 0. The van der Waals surface area contributed by atoms with Crippen molar-refractivity contribution in [1.82, 2.24) is 0 Å². The third kappa shape index (κ3) is 8.70. The van der Waals surface area contributed by atoms with Gasteiger partial charge in [0.25, 0.3) is 0 Å². The Morgan fingerprint density at radius 1 is 0.700 bits per heavy atom. The van der Waals surface area contributed by atoms with E-state index in [1.807, 2.05) is 0 Å². The van der Waals surface area contributed by atoms with Crippen molar-refractivity contribution < 1.29 is 0 Å². The lowest BCUT2D eigenvalue weighted by Crippen LogP contribution is -2.06. The summed E-state index contributed by atoms with van der Waals surface area (Å²) < 4.78 is 0. The average Bonchev–Trinajstić information content (AvgIpc) is 1.79. The van der Waals surface area contributed by atoms with Crippen LogP contribution >= 0.6 is 0 Å². The molecule has 0 aliphatic heterocycles. The van der Waals surface area contributed by atoms with Crippen molar-refractivity contribution in [3.8, 4) is 0 Å². The molecule has 2 heteroatoms. The second kappa shape index (κ2) is 6.41. The van der Waals surface area contributed by atoms with Crippen LogP contribution in [0.25, 0.3) is 0 Å². The van der Waals surface area contributed by atoms with E-state index in [2.05, 4.69) is 25.0 Å². The van der Waals surface area contributed by atoms with Gasteiger partial charge < -0.3 is 0 Å². The Balaban J connectivity index is 2.91. The molecule has 0 aromatic heterocycles. The van der Waals surface area contributed by atoms with Gasteiger partial charge in [-0.05, 0) is 34.6 Å². The Kier molecular flexibility index (Phi) is 6.86. The van der Waals surface area contributed by atoms with Crippen molar-refractivity contribution in [3.63, 3.8) is 0 Å². The van der Waals surface area contributed by atoms with E-state index in [1.165, 1.54) is 24.3 Å². The van der Waals surface area contributed by atoms with Gasteiger partial charge in [-0.1, -0.05) is 0 Å². The summed E-state index contributed by atoms with van der Waals surface area (Å²) in [5.41, 5.74) is 0. The van der Waals surface area contributed by atoms with E-state index in [4.69, 9.17) is 0 Å². The highest BCUT2D eigenvalue weighted by Gasteiger charge is 2.05. The smallest absolute Gasteiger partial charge is 0.0189 e. The molecule has 62 valence electrons. The van der Waals surface area contributed by atoms with Crippen LogP contribution in [0.4, 0.5) is 0 Å². The molecular weight excluding hydrogens is 160 g/mol. The zero-order valence-corrected chi connectivity index (χ0v) is 9.28. The third-order valence-corrected chi connectivity index (χ3v) is 3.57. The lowest BCUT2D eigenvalue weighted by atomic mass is 10.4. The molecular formula is C8H20S2+2. The van der Waals surface area contributed by atoms with Gasteiger partial charge in [0.1, 0.15) is 11.5 Å². The first-order valence-electron chi connectivity index (χ1n) is 3.71. The van der Waals surface area contributed by atoms with Gasteiger partial charge in [0.05, 0.1) is 25.0 Å². The summed E-state index contributed by atoms with van der Waals surface area (Å²) in [7, 11) is 1.35. The molecule has 0 aromatic carbocycles. The molecule has 0 radical (unpaired) electrons. The average molecular weight is 180 g/mol. The van der Waals surface area contributed by atoms with E-state index in [9.17, 15) is 0 Å². The fraction of sp³-hybridized carbons (Fsp3) is 1.00. The van der Waals surface area contributed by atoms with Gasteiger partial charge in [-0.2, -0.15) is 0 Å². The zero-order chi connectivity index (χ0) is 7.98. The zero-order valence-electron chi connectivity index (χ0n) is 7.64. The second-order valence-corrected chi connectivity index (χ2v) is 7.85. The van der Waals surface area contributed by atoms with E-state index in [0.717, 1.165) is 0 Å². The maximum absolute atomic E-state index is 2.33. The topological polar surface area (TPSA) is 0 Å². The monoisotopic (exact) mass is 180 g/mol. The highest BCUT2D eigenvalue weighted by molar-refractivity contribution is 7.95. The second-order valence-electron chi connectivity index (χ2n) is 3.09. The molecule has 0 N–H and O–H groups in total. The highest BCUT2D eigenvalue weighted by atomic mass is 32.2. The lowest BCUT2D eigenvalue weighted by molar-refractivity contribution is 0.903. The molecule has 0 rings (SSSR count). The largest absolute Gasteiger partial charge is 0.107 e. The first kappa shape index (κ1) is 10.7. The normalized spacial score (nSPS) is 11.4. The van der Waals surface area contributed by atoms with E-state index in [-0.39, 0.29) is 0 Å². The Morgan fingerprint density at radius 2 is 1.00 bits per heavy atom. The van der Waals surface area contributed by atoms with Crippen LogP contribution < -0.4 is 0 Å². The van der Waals surface area contributed by atoms with E-state index >= 15 is 0 Å². The maximum atomic E-state index is 2.33. The van der Waals surface area contributed by atoms with Crippen LogP contribution in [0.15, 0.2) is 0 Å². The summed E-state index contributed by atoms with van der Waals surface area (Å²) in [6.45, 7) is 0. The van der Waals surface area contributed by atoms with Gasteiger partial charge in [-0.25, -0.2) is 0 Å². The molecule has 0 bridgehead atoms. The summed E-state index contributed by atoms with van der Waals surface area (Å²) in [4.78, 5) is 0. The molecule has 0 aliphatic rings. The van der Waals surface area contributed by atoms with Crippen molar-refractivity contribution in [2.24, 2.45) is 0 Å². The summed E-state index contributed by atoms with van der Waals surface area (Å²) in [5, 5.41) is 0. The van der Waals surface area contributed by atoms with Crippen LogP contribution in [0.5, 0.6) is 0 Å². The molecule has 0 saturated heterocycles. The van der Waals surface area contributed by atoms with Gasteiger partial charge in [0.15, 0.2) is 0 Å². The molecule has 0 atom stereocenters.